The molecule has 1 aromatic carbocycles. The third kappa shape index (κ3) is 2.62. The van der Waals surface area contributed by atoms with Gasteiger partial charge in [-0.15, -0.1) is 0 Å². The van der Waals surface area contributed by atoms with Gasteiger partial charge in [0, 0.05) is 25.3 Å². The van der Waals surface area contributed by atoms with Gasteiger partial charge in [0.2, 0.25) is 0 Å². The fourth-order valence-electron chi connectivity index (χ4n) is 2.89. The van der Waals surface area contributed by atoms with E-state index in [2.05, 4.69) is 36.2 Å². The van der Waals surface area contributed by atoms with Crippen LogP contribution in [0.3, 0.4) is 0 Å². The zero-order chi connectivity index (χ0) is 13.9. The molecule has 1 aromatic heterocycles. The molecule has 0 bridgehead atoms. The van der Waals surface area contributed by atoms with Gasteiger partial charge >= 0.3 is 0 Å². The van der Waals surface area contributed by atoms with Crippen LogP contribution < -0.4 is 10.2 Å². The van der Waals surface area contributed by atoms with Crippen LogP contribution in [0.25, 0.3) is 10.2 Å². The minimum absolute atomic E-state index is 1.00. The summed E-state index contributed by atoms with van der Waals surface area (Å²) in [7, 11) is 0. The number of hydrogen-bond donors (Lipinski definition) is 1. The highest BCUT2D eigenvalue weighted by Gasteiger charge is 2.18. The van der Waals surface area contributed by atoms with Gasteiger partial charge in [-0.3, -0.25) is 0 Å². The molecule has 4 heteroatoms. The Morgan fingerprint density at radius 2 is 2.20 bits per heavy atom. The number of fused-ring (bicyclic) bond motifs is 2. The second kappa shape index (κ2) is 6.00. The van der Waals surface area contributed by atoms with E-state index in [0.29, 0.717) is 0 Å². The predicted octanol–water partition coefficient (Wildman–Crippen LogP) is 4.28. The average Bonchev–Trinajstić information content (AvgIpc) is 2.85. The van der Waals surface area contributed by atoms with Crippen LogP contribution >= 0.6 is 11.3 Å². The van der Waals surface area contributed by atoms with Gasteiger partial charge in [-0.25, -0.2) is 4.98 Å². The normalized spacial score (nSPS) is 14.6. The van der Waals surface area contributed by atoms with Crippen molar-refractivity contribution in [3.8, 4) is 0 Å². The molecule has 0 unspecified atom stereocenters. The molecule has 1 aliphatic heterocycles. The first-order chi connectivity index (χ1) is 9.81. The molecule has 0 radical (unpaired) electrons. The Bertz CT molecular complexity index is 591. The number of anilines is 2. The quantitative estimate of drug-likeness (QED) is 0.890. The molecule has 2 aromatic rings. The van der Waals surface area contributed by atoms with E-state index in [-0.39, 0.29) is 0 Å². The Kier molecular flexibility index (Phi) is 4.10. The number of benzene rings is 1. The molecule has 0 spiro atoms. The standard InChI is InChI=1S/C16H23N3S/c1-3-7-17-16-18-13-11-14-12(10-15(13)20-16)6-5-9-19(14)8-4-2/h10-11H,3-9H2,1-2H3,(H,17,18). The lowest BCUT2D eigenvalue weighted by molar-refractivity contribution is 0.682. The van der Waals surface area contributed by atoms with Crippen LogP contribution in [-0.2, 0) is 6.42 Å². The molecule has 0 fully saturated rings. The maximum absolute atomic E-state index is 4.73. The largest absolute Gasteiger partial charge is 0.371 e. The van der Waals surface area contributed by atoms with E-state index in [1.807, 2.05) is 0 Å². The number of thiazole rings is 1. The van der Waals surface area contributed by atoms with Crippen molar-refractivity contribution in [3.63, 3.8) is 0 Å². The molecule has 0 aliphatic carbocycles. The van der Waals surface area contributed by atoms with Gasteiger partial charge in [0.25, 0.3) is 0 Å². The van der Waals surface area contributed by atoms with Crippen LogP contribution in [0.15, 0.2) is 12.1 Å². The SMILES string of the molecule is CCCNc1nc2cc3c(cc2s1)CCCN3CCC. The van der Waals surface area contributed by atoms with Gasteiger partial charge in [0.05, 0.1) is 10.2 Å². The summed E-state index contributed by atoms with van der Waals surface area (Å²) in [5.74, 6) is 0. The molecule has 20 heavy (non-hydrogen) atoms. The summed E-state index contributed by atoms with van der Waals surface area (Å²) in [6, 6.07) is 4.66. The van der Waals surface area contributed by atoms with E-state index in [4.69, 9.17) is 4.98 Å². The highest BCUT2D eigenvalue weighted by Crippen LogP contribution is 2.35. The molecule has 0 saturated carbocycles. The van der Waals surface area contributed by atoms with E-state index in [9.17, 15) is 0 Å². The summed E-state index contributed by atoms with van der Waals surface area (Å²) in [6.45, 7) is 7.78. The summed E-state index contributed by atoms with van der Waals surface area (Å²) >= 11 is 1.78. The second-order valence-electron chi connectivity index (χ2n) is 5.49. The number of rotatable bonds is 5. The lowest BCUT2D eigenvalue weighted by Crippen LogP contribution is -2.29. The van der Waals surface area contributed by atoms with E-state index >= 15 is 0 Å². The van der Waals surface area contributed by atoms with Crippen molar-refractivity contribution in [2.24, 2.45) is 0 Å². The van der Waals surface area contributed by atoms with Crippen LogP contribution in [0.2, 0.25) is 0 Å². The molecular formula is C16H23N3S. The minimum atomic E-state index is 1.00. The number of hydrogen-bond acceptors (Lipinski definition) is 4. The van der Waals surface area contributed by atoms with Crippen LogP contribution in [-0.4, -0.2) is 24.6 Å². The van der Waals surface area contributed by atoms with Gasteiger partial charge in [-0.1, -0.05) is 25.2 Å². The molecule has 0 amide bonds. The van der Waals surface area contributed by atoms with Crippen molar-refractivity contribution in [2.45, 2.75) is 39.5 Å². The van der Waals surface area contributed by atoms with Crippen LogP contribution in [0.1, 0.15) is 38.7 Å². The molecule has 0 saturated heterocycles. The number of nitrogens with one attached hydrogen (secondary N) is 1. The second-order valence-corrected chi connectivity index (χ2v) is 6.52. The minimum Gasteiger partial charge on any atom is -0.371 e. The Morgan fingerprint density at radius 1 is 1.30 bits per heavy atom. The summed E-state index contributed by atoms with van der Waals surface area (Å²) < 4.78 is 1.32. The zero-order valence-electron chi connectivity index (χ0n) is 12.4. The first-order valence-electron chi connectivity index (χ1n) is 7.74. The van der Waals surface area contributed by atoms with Crippen LogP contribution in [0.5, 0.6) is 0 Å². The lowest BCUT2D eigenvalue weighted by Gasteiger charge is -2.31. The van der Waals surface area contributed by atoms with E-state index < -0.39 is 0 Å². The summed E-state index contributed by atoms with van der Waals surface area (Å²) in [5, 5.41) is 4.47. The molecule has 3 nitrogen and oxygen atoms in total. The van der Waals surface area contributed by atoms with Crippen LogP contribution in [0.4, 0.5) is 10.8 Å². The first-order valence-corrected chi connectivity index (χ1v) is 8.55. The average molecular weight is 289 g/mol. The summed E-state index contributed by atoms with van der Waals surface area (Å²) in [5.41, 5.74) is 4.07. The van der Waals surface area contributed by atoms with Crippen molar-refractivity contribution in [1.29, 1.82) is 0 Å². The fraction of sp³-hybridized carbons (Fsp3) is 0.562. The Labute approximate surface area is 125 Å². The van der Waals surface area contributed by atoms with Crippen LogP contribution in [0, 0.1) is 0 Å². The van der Waals surface area contributed by atoms with Gasteiger partial charge < -0.3 is 10.2 Å². The Morgan fingerprint density at radius 3 is 3.00 bits per heavy atom. The number of nitrogens with zero attached hydrogens (tertiary/aromatic N) is 2. The smallest absolute Gasteiger partial charge is 0.183 e. The highest BCUT2D eigenvalue weighted by molar-refractivity contribution is 7.22. The van der Waals surface area contributed by atoms with Gasteiger partial charge in [-0.05, 0) is 43.4 Å². The Balaban J connectivity index is 1.95. The molecular weight excluding hydrogens is 266 g/mol. The topological polar surface area (TPSA) is 28.2 Å². The summed E-state index contributed by atoms with van der Waals surface area (Å²) in [6.07, 6.45) is 4.83. The number of aromatic nitrogens is 1. The maximum Gasteiger partial charge on any atom is 0.183 e. The van der Waals surface area contributed by atoms with Gasteiger partial charge in [0.1, 0.15) is 0 Å². The van der Waals surface area contributed by atoms with Gasteiger partial charge in [0.15, 0.2) is 5.13 Å². The monoisotopic (exact) mass is 289 g/mol. The van der Waals surface area contributed by atoms with Gasteiger partial charge in [-0.2, -0.15) is 0 Å². The van der Waals surface area contributed by atoms with Crippen molar-refractivity contribution in [3.05, 3.63) is 17.7 Å². The molecule has 108 valence electrons. The summed E-state index contributed by atoms with van der Waals surface area (Å²) in [4.78, 5) is 7.26. The van der Waals surface area contributed by atoms with Crippen molar-refractivity contribution >= 4 is 32.4 Å². The van der Waals surface area contributed by atoms with E-state index in [0.717, 1.165) is 30.2 Å². The number of aryl methyl sites for hydroxylation is 1. The van der Waals surface area contributed by atoms with Crippen molar-refractivity contribution in [1.82, 2.24) is 4.98 Å². The molecule has 1 aliphatic rings. The highest BCUT2D eigenvalue weighted by atomic mass is 32.1. The molecule has 0 atom stereocenters. The van der Waals surface area contributed by atoms with E-state index in [1.54, 1.807) is 11.3 Å². The molecule has 1 N–H and O–H groups in total. The molecule has 3 rings (SSSR count). The first kappa shape index (κ1) is 13.7. The van der Waals surface area contributed by atoms with Crippen molar-refractivity contribution < 1.29 is 0 Å². The van der Waals surface area contributed by atoms with Crippen molar-refractivity contribution in [2.75, 3.05) is 29.9 Å². The van der Waals surface area contributed by atoms with E-state index in [1.165, 1.54) is 41.8 Å². The Hall–Kier alpha value is -1.29. The molecule has 2 heterocycles. The maximum atomic E-state index is 4.73. The third-order valence-corrected chi connectivity index (χ3v) is 4.80. The zero-order valence-corrected chi connectivity index (χ0v) is 13.2. The lowest BCUT2D eigenvalue weighted by atomic mass is 10.0. The predicted molar refractivity (Wildman–Crippen MR) is 89.2 cm³/mol. The third-order valence-electron chi connectivity index (χ3n) is 3.82. The fourth-order valence-corrected chi connectivity index (χ4v) is 3.83.